The van der Waals surface area contributed by atoms with Crippen molar-refractivity contribution in [2.24, 2.45) is 5.92 Å². The molecule has 1 atom stereocenters. The first kappa shape index (κ1) is 12.8. The van der Waals surface area contributed by atoms with Crippen molar-refractivity contribution in [2.75, 3.05) is 13.7 Å². The third-order valence-electron chi connectivity index (χ3n) is 3.42. The summed E-state index contributed by atoms with van der Waals surface area (Å²) in [6.45, 7) is 2.43. The predicted molar refractivity (Wildman–Crippen MR) is 65.3 cm³/mol. The largest absolute Gasteiger partial charge is 0.376 e. The van der Waals surface area contributed by atoms with Crippen molar-refractivity contribution in [1.29, 1.82) is 0 Å². The number of H-pyrrole nitrogens is 1. The van der Waals surface area contributed by atoms with Crippen LogP contribution in [0, 0.1) is 5.92 Å². The SMILES string of the molecule is COC(C)(CNC(=O)c1ccc(=O)[nH]n1)C1CC1. The Hall–Kier alpha value is -1.69. The van der Waals surface area contributed by atoms with E-state index in [0.29, 0.717) is 12.5 Å². The molecule has 1 heterocycles. The minimum Gasteiger partial charge on any atom is -0.376 e. The van der Waals surface area contributed by atoms with Crippen molar-refractivity contribution in [3.63, 3.8) is 0 Å². The average Bonchev–Trinajstić information content (AvgIpc) is 3.21. The van der Waals surface area contributed by atoms with E-state index in [-0.39, 0.29) is 22.8 Å². The monoisotopic (exact) mass is 251 g/mol. The summed E-state index contributed by atoms with van der Waals surface area (Å²) in [6, 6.07) is 2.67. The van der Waals surface area contributed by atoms with Gasteiger partial charge in [-0.1, -0.05) is 0 Å². The Morgan fingerprint density at radius 2 is 2.33 bits per heavy atom. The minimum absolute atomic E-state index is 0.198. The smallest absolute Gasteiger partial charge is 0.271 e. The lowest BCUT2D eigenvalue weighted by atomic mass is 10.0. The van der Waals surface area contributed by atoms with Crippen LogP contribution in [0.3, 0.4) is 0 Å². The molecule has 1 amide bonds. The van der Waals surface area contributed by atoms with Crippen molar-refractivity contribution >= 4 is 5.91 Å². The highest BCUT2D eigenvalue weighted by Gasteiger charge is 2.41. The van der Waals surface area contributed by atoms with Crippen LogP contribution in [0.2, 0.25) is 0 Å². The molecule has 0 aliphatic heterocycles. The van der Waals surface area contributed by atoms with Crippen LogP contribution in [0.25, 0.3) is 0 Å². The summed E-state index contributed by atoms with van der Waals surface area (Å²) in [5.74, 6) is 0.196. The fraction of sp³-hybridized carbons (Fsp3) is 0.583. The van der Waals surface area contributed by atoms with Gasteiger partial charge in [-0.3, -0.25) is 9.59 Å². The topological polar surface area (TPSA) is 84.1 Å². The van der Waals surface area contributed by atoms with Gasteiger partial charge in [-0.05, 0) is 31.7 Å². The number of nitrogens with one attached hydrogen (secondary N) is 2. The molecule has 6 heteroatoms. The van der Waals surface area contributed by atoms with Crippen molar-refractivity contribution in [3.05, 3.63) is 28.2 Å². The van der Waals surface area contributed by atoms with Crippen molar-refractivity contribution < 1.29 is 9.53 Å². The molecule has 1 aromatic rings. The highest BCUT2D eigenvalue weighted by molar-refractivity contribution is 5.92. The first-order valence-corrected chi connectivity index (χ1v) is 5.94. The number of carbonyl (C=O) groups excluding carboxylic acids is 1. The van der Waals surface area contributed by atoms with Gasteiger partial charge in [0, 0.05) is 19.7 Å². The van der Waals surface area contributed by atoms with E-state index in [1.165, 1.54) is 12.1 Å². The van der Waals surface area contributed by atoms with E-state index < -0.39 is 0 Å². The number of amides is 1. The Labute approximate surface area is 105 Å². The Kier molecular flexibility index (Phi) is 3.47. The van der Waals surface area contributed by atoms with Gasteiger partial charge in [-0.25, -0.2) is 5.10 Å². The zero-order valence-corrected chi connectivity index (χ0v) is 10.5. The van der Waals surface area contributed by atoms with Gasteiger partial charge in [0.25, 0.3) is 11.5 Å². The summed E-state index contributed by atoms with van der Waals surface area (Å²) in [7, 11) is 1.66. The van der Waals surface area contributed by atoms with Gasteiger partial charge in [0.1, 0.15) is 5.69 Å². The maximum absolute atomic E-state index is 11.8. The maximum atomic E-state index is 11.8. The van der Waals surface area contributed by atoms with Gasteiger partial charge < -0.3 is 10.1 Å². The molecule has 98 valence electrons. The van der Waals surface area contributed by atoms with Crippen LogP contribution in [0.5, 0.6) is 0 Å². The molecule has 2 rings (SSSR count). The second kappa shape index (κ2) is 4.89. The molecular formula is C12H17N3O3. The third kappa shape index (κ3) is 2.76. The third-order valence-corrected chi connectivity index (χ3v) is 3.42. The highest BCUT2D eigenvalue weighted by Crippen LogP contribution is 2.41. The number of carbonyl (C=O) groups is 1. The van der Waals surface area contributed by atoms with Crippen molar-refractivity contribution in [3.8, 4) is 0 Å². The van der Waals surface area contributed by atoms with E-state index in [4.69, 9.17) is 4.74 Å². The number of ether oxygens (including phenoxy) is 1. The maximum Gasteiger partial charge on any atom is 0.271 e. The van der Waals surface area contributed by atoms with Crippen LogP contribution < -0.4 is 10.9 Å². The molecule has 6 nitrogen and oxygen atoms in total. The van der Waals surface area contributed by atoms with Crippen LogP contribution in [0.1, 0.15) is 30.3 Å². The number of methoxy groups -OCH3 is 1. The summed E-state index contributed by atoms with van der Waals surface area (Å²) in [5.41, 5.74) is -0.451. The summed E-state index contributed by atoms with van der Waals surface area (Å²) in [4.78, 5) is 22.6. The molecular weight excluding hydrogens is 234 g/mol. The van der Waals surface area contributed by atoms with Crippen molar-refractivity contribution in [1.82, 2.24) is 15.5 Å². The molecule has 0 radical (unpaired) electrons. The molecule has 1 aliphatic rings. The Bertz CT molecular complexity index is 475. The number of aromatic nitrogens is 2. The van der Waals surface area contributed by atoms with Crippen LogP contribution in [0.15, 0.2) is 16.9 Å². The first-order valence-electron chi connectivity index (χ1n) is 5.94. The molecule has 0 spiro atoms. The zero-order chi connectivity index (χ0) is 13.2. The van der Waals surface area contributed by atoms with Crippen molar-refractivity contribution in [2.45, 2.75) is 25.4 Å². The fourth-order valence-corrected chi connectivity index (χ4v) is 1.89. The predicted octanol–water partition coefficient (Wildman–Crippen LogP) is 0.315. The van der Waals surface area contributed by atoms with Crippen LogP contribution in [0.4, 0.5) is 0 Å². The molecule has 2 N–H and O–H groups in total. The summed E-state index contributed by atoms with van der Waals surface area (Å²) in [5, 5.41) is 8.69. The van der Waals surface area contributed by atoms with Gasteiger partial charge in [0.2, 0.25) is 0 Å². The number of hydrogen-bond acceptors (Lipinski definition) is 4. The van der Waals surface area contributed by atoms with Gasteiger partial charge in [-0.15, -0.1) is 0 Å². The zero-order valence-electron chi connectivity index (χ0n) is 10.5. The van der Waals surface area contributed by atoms with Gasteiger partial charge in [0.05, 0.1) is 5.60 Å². The van der Waals surface area contributed by atoms with E-state index in [9.17, 15) is 9.59 Å². The fourth-order valence-electron chi connectivity index (χ4n) is 1.89. The molecule has 0 aromatic carbocycles. The second-order valence-electron chi connectivity index (χ2n) is 4.78. The Balaban J connectivity index is 1.95. The van der Waals surface area contributed by atoms with E-state index in [0.717, 1.165) is 12.8 Å². The van der Waals surface area contributed by atoms with E-state index in [2.05, 4.69) is 15.5 Å². The molecule has 0 saturated heterocycles. The summed E-state index contributed by atoms with van der Waals surface area (Å²) >= 11 is 0. The quantitative estimate of drug-likeness (QED) is 0.789. The standard InChI is InChI=1S/C12H17N3O3/c1-12(18-2,8-3-4-8)7-13-11(17)9-5-6-10(16)15-14-9/h5-6,8H,3-4,7H2,1-2H3,(H,13,17)(H,15,16). The number of nitrogens with zero attached hydrogens (tertiary/aromatic N) is 1. The number of hydrogen-bond donors (Lipinski definition) is 2. The van der Waals surface area contributed by atoms with E-state index in [1.54, 1.807) is 7.11 Å². The molecule has 1 unspecified atom stereocenters. The lowest BCUT2D eigenvalue weighted by Gasteiger charge is -2.28. The van der Waals surface area contributed by atoms with Crippen LogP contribution in [-0.2, 0) is 4.74 Å². The van der Waals surface area contributed by atoms with Crippen LogP contribution in [-0.4, -0.2) is 35.4 Å². The lowest BCUT2D eigenvalue weighted by Crippen LogP contribution is -2.44. The molecule has 18 heavy (non-hydrogen) atoms. The molecule has 1 aromatic heterocycles. The molecule has 0 bridgehead atoms. The van der Waals surface area contributed by atoms with E-state index >= 15 is 0 Å². The van der Waals surface area contributed by atoms with E-state index in [1.807, 2.05) is 6.92 Å². The first-order chi connectivity index (χ1) is 8.55. The molecule has 1 aliphatic carbocycles. The normalized spacial score (nSPS) is 18.1. The lowest BCUT2D eigenvalue weighted by molar-refractivity contribution is -0.0112. The average molecular weight is 251 g/mol. The number of aromatic amines is 1. The Morgan fingerprint density at radius 3 is 2.83 bits per heavy atom. The summed E-state index contributed by atoms with van der Waals surface area (Å²) < 4.78 is 5.47. The van der Waals surface area contributed by atoms with Crippen LogP contribution >= 0.6 is 0 Å². The summed E-state index contributed by atoms with van der Waals surface area (Å²) in [6.07, 6.45) is 2.27. The second-order valence-corrected chi connectivity index (χ2v) is 4.78. The number of rotatable bonds is 5. The van der Waals surface area contributed by atoms with Gasteiger partial charge >= 0.3 is 0 Å². The molecule has 1 fully saturated rings. The van der Waals surface area contributed by atoms with Gasteiger partial charge in [-0.2, -0.15) is 5.10 Å². The Morgan fingerprint density at radius 1 is 1.61 bits per heavy atom. The van der Waals surface area contributed by atoms with Gasteiger partial charge in [0.15, 0.2) is 0 Å². The molecule has 1 saturated carbocycles. The highest BCUT2D eigenvalue weighted by atomic mass is 16.5. The minimum atomic E-state index is -0.328.